The van der Waals surface area contributed by atoms with E-state index in [9.17, 15) is 19.1 Å². The molecule has 0 spiro atoms. The molecule has 1 fully saturated rings. The number of carbonyl (C=O) groups excluding carboxylic acids is 1. The Labute approximate surface area is 175 Å². The van der Waals surface area contributed by atoms with Crippen molar-refractivity contribution in [2.24, 2.45) is 0 Å². The summed E-state index contributed by atoms with van der Waals surface area (Å²) >= 11 is 6.47. The molecule has 1 aromatic carbocycles. The first-order chi connectivity index (χ1) is 13.4. The molecule has 162 valence electrons. The number of alkyl carbamates (subject to hydrolysis) is 1. The van der Waals surface area contributed by atoms with Crippen LogP contribution in [0.1, 0.15) is 57.8 Å². The third-order valence-corrected chi connectivity index (χ3v) is 5.02. The molecule has 0 bridgehead atoms. The summed E-state index contributed by atoms with van der Waals surface area (Å²) in [6.45, 7) is 9.97. The van der Waals surface area contributed by atoms with Gasteiger partial charge in [0.15, 0.2) is 0 Å². The second kappa shape index (κ2) is 9.07. The van der Waals surface area contributed by atoms with Gasteiger partial charge in [0, 0.05) is 19.1 Å². The molecule has 2 rings (SSSR count). The molecular weight excluding hydrogens is 401 g/mol. The van der Waals surface area contributed by atoms with Crippen molar-refractivity contribution in [2.75, 3.05) is 23.3 Å². The number of benzene rings is 1. The Bertz CT molecular complexity index is 782. The summed E-state index contributed by atoms with van der Waals surface area (Å²) in [6, 6.07) is 0.720. The summed E-state index contributed by atoms with van der Waals surface area (Å²) in [5.74, 6) is -1.96. The van der Waals surface area contributed by atoms with Crippen LogP contribution in [0.15, 0.2) is 6.07 Å². The van der Waals surface area contributed by atoms with E-state index in [1.165, 1.54) is 0 Å². The Hall–Kier alpha value is -2.22. The molecule has 1 saturated heterocycles. The van der Waals surface area contributed by atoms with E-state index in [-0.39, 0.29) is 34.0 Å². The average Bonchev–Trinajstić information content (AvgIpc) is 3.02. The van der Waals surface area contributed by atoms with E-state index >= 15 is 0 Å². The summed E-state index contributed by atoms with van der Waals surface area (Å²) in [7, 11) is 0. The monoisotopic (exact) mass is 429 g/mol. The lowest BCUT2D eigenvalue weighted by atomic mass is 10.1. The van der Waals surface area contributed by atoms with Gasteiger partial charge in [-0.15, -0.1) is 0 Å². The zero-order valence-electron chi connectivity index (χ0n) is 17.4. The number of halogens is 2. The number of amides is 1. The van der Waals surface area contributed by atoms with Gasteiger partial charge >= 0.3 is 12.1 Å². The van der Waals surface area contributed by atoms with E-state index in [1.807, 2.05) is 13.8 Å². The normalized spacial score (nSPS) is 17.8. The van der Waals surface area contributed by atoms with Crippen molar-refractivity contribution in [2.45, 2.75) is 65.1 Å². The molecule has 1 amide bonds. The highest BCUT2D eigenvalue weighted by Gasteiger charge is 2.31. The number of nitrogens with zero attached hydrogens (tertiary/aromatic N) is 1. The second-order valence-corrected chi connectivity index (χ2v) is 8.66. The van der Waals surface area contributed by atoms with Crippen molar-refractivity contribution in [3.05, 3.63) is 22.5 Å². The van der Waals surface area contributed by atoms with Crippen LogP contribution < -0.4 is 15.5 Å². The SMILES string of the molecule is CC[C@H](C)Nc1c(C(=O)O)cc(F)c(N2CCC(NC(=O)OC(C)(C)C)C2)c1Cl. The molecule has 0 saturated carbocycles. The third kappa shape index (κ3) is 5.88. The quantitative estimate of drug-likeness (QED) is 0.617. The van der Waals surface area contributed by atoms with Crippen molar-refractivity contribution < 1.29 is 23.8 Å². The first-order valence-corrected chi connectivity index (χ1v) is 10.1. The Morgan fingerprint density at radius 3 is 2.66 bits per heavy atom. The average molecular weight is 430 g/mol. The van der Waals surface area contributed by atoms with E-state index < -0.39 is 23.5 Å². The van der Waals surface area contributed by atoms with Gasteiger partial charge in [-0.2, -0.15) is 0 Å². The topological polar surface area (TPSA) is 90.9 Å². The Balaban J connectivity index is 2.25. The van der Waals surface area contributed by atoms with Crippen molar-refractivity contribution >= 4 is 35.0 Å². The number of aromatic carboxylic acids is 1. The van der Waals surface area contributed by atoms with Crippen LogP contribution in [0.5, 0.6) is 0 Å². The molecule has 0 aliphatic carbocycles. The highest BCUT2D eigenvalue weighted by molar-refractivity contribution is 6.36. The third-order valence-electron chi connectivity index (χ3n) is 4.65. The lowest BCUT2D eigenvalue weighted by molar-refractivity contribution is 0.0508. The highest BCUT2D eigenvalue weighted by Crippen LogP contribution is 2.40. The van der Waals surface area contributed by atoms with Crippen molar-refractivity contribution in [1.29, 1.82) is 0 Å². The van der Waals surface area contributed by atoms with Gasteiger partial charge in [0.05, 0.1) is 28.0 Å². The molecule has 1 aliphatic rings. The number of carboxylic acids is 1. The van der Waals surface area contributed by atoms with Crippen LogP contribution in [0.3, 0.4) is 0 Å². The van der Waals surface area contributed by atoms with Crippen molar-refractivity contribution in [3.8, 4) is 0 Å². The van der Waals surface area contributed by atoms with Gasteiger partial charge < -0.3 is 25.4 Å². The summed E-state index contributed by atoms with van der Waals surface area (Å²) in [4.78, 5) is 25.3. The number of hydrogen-bond donors (Lipinski definition) is 3. The van der Waals surface area contributed by atoms with Crippen LogP contribution in [0.4, 0.5) is 20.6 Å². The van der Waals surface area contributed by atoms with E-state index in [0.717, 1.165) is 12.5 Å². The van der Waals surface area contributed by atoms with Gasteiger partial charge in [-0.3, -0.25) is 0 Å². The fraction of sp³-hybridized carbons (Fsp3) is 0.600. The first kappa shape index (κ1) is 23.1. The van der Waals surface area contributed by atoms with Gasteiger partial charge in [-0.1, -0.05) is 18.5 Å². The fourth-order valence-electron chi connectivity index (χ4n) is 3.11. The van der Waals surface area contributed by atoms with E-state index in [2.05, 4.69) is 10.6 Å². The van der Waals surface area contributed by atoms with Crippen molar-refractivity contribution in [3.63, 3.8) is 0 Å². The lowest BCUT2D eigenvalue weighted by Crippen LogP contribution is -2.40. The van der Waals surface area contributed by atoms with Gasteiger partial charge in [-0.25, -0.2) is 14.0 Å². The minimum atomic E-state index is -1.26. The highest BCUT2D eigenvalue weighted by atomic mass is 35.5. The van der Waals surface area contributed by atoms with Crippen LogP contribution in [0, 0.1) is 5.82 Å². The van der Waals surface area contributed by atoms with Gasteiger partial charge in [-0.05, 0) is 46.6 Å². The molecule has 0 aromatic heterocycles. The molecule has 1 heterocycles. The molecule has 2 atom stereocenters. The lowest BCUT2D eigenvalue weighted by Gasteiger charge is -2.25. The molecular formula is C20H29ClFN3O4. The molecule has 1 unspecified atom stereocenters. The predicted octanol–water partition coefficient (Wildman–Crippen LogP) is 4.49. The zero-order valence-corrected chi connectivity index (χ0v) is 18.2. The number of carbonyl (C=O) groups is 2. The number of hydrogen-bond acceptors (Lipinski definition) is 5. The summed E-state index contributed by atoms with van der Waals surface area (Å²) in [5.41, 5.74) is -0.482. The minimum Gasteiger partial charge on any atom is -0.478 e. The molecule has 1 aromatic rings. The molecule has 9 heteroatoms. The number of nitrogens with one attached hydrogen (secondary N) is 2. The maximum atomic E-state index is 14.8. The van der Waals surface area contributed by atoms with E-state index in [0.29, 0.717) is 19.5 Å². The van der Waals surface area contributed by atoms with E-state index in [1.54, 1.807) is 25.7 Å². The molecule has 3 N–H and O–H groups in total. The zero-order chi connectivity index (χ0) is 21.9. The van der Waals surface area contributed by atoms with Crippen LogP contribution in [0.25, 0.3) is 0 Å². The predicted molar refractivity (Wildman–Crippen MR) is 112 cm³/mol. The van der Waals surface area contributed by atoms with Gasteiger partial charge in [0.1, 0.15) is 11.4 Å². The smallest absolute Gasteiger partial charge is 0.407 e. The van der Waals surface area contributed by atoms with Crippen LogP contribution >= 0.6 is 11.6 Å². The maximum absolute atomic E-state index is 14.8. The fourth-order valence-corrected chi connectivity index (χ4v) is 3.48. The standard InChI is InChI=1S/C20H29ClFN3O4/c1-6-11(2)23-16-13(18(26)27)9-14(22)17(15(16)21)25-8-7-12(10-25)24-19(28)29-20(3,4)5/h9,11-12,23H,6-8,10H2,1-5H3,(H,24,28)(H,26,27)/t11-,12?/m0/s1. The van der Waals surface area contributed by atoms with Crippen LogP contribution in [0.2, 0.25) is 5.02 Å². The molecule has 7 nitrogen and oxygen atoms in total. The summed E-state index contributed by atoms with van der Waals surface area (Å²) < 4.78 is 20.1. The van der Waals surface area contributed by atoms with Crippen LogP contribution in [-0.4, -0.2) is 47.9 Å². The Morgan fingerprint density at radius 2 is 2.10 bits per heavy atom. The largest absolute Gasteiger partial charge is 0.478 e. The van der Waals surface area contributed by atoms with E-state index in [4.69, 9.17) is 16.3 Å². The summed E-state index contributed by atoms with van der Waals surface area (Å²) in [5, 5.41) is 15.3. The van der Waals surface area contributed by atoms with Crippen LogP contribution in [-0.2, 0) is 4.74 Å². The maximum Gasteiger partial charge on any atom is 0.407 e. The number of carboxylic acid groups (broad SMARTS) is 1. The molecule has 29 heavy (non-hydrogen) atoms. The number of ether oxygens (including phenoxy) is 1. The Kier molecular flexibility index (Phi) is 7.21. The molecule has 1 aliphatic heterocycles. The number of rotatable bonds is 6. The molecule has 0 radical (unpaired) electrons. The minimum absolute atomic E-state index is 0.0284. The van der Waals surface area contributed by atoms with Gasteiger partial charge in [0.25, 0.3) is 0 Å². The Morgan fingerprint density at radius 1 is 1.45 bits per heavy atom. The van der Waals surface area contributed by atoms with Crippen molar-refractivity contribution in [1.82, 2.24) is 5.32 Å². The first-order valence-electron chi connectivity index (χ1n) is 9.69. The van der Waals surface area contributed by atoms with Gasteiger partial charge in [0.2, 0.25) is 0 Å². The summed E-state index contributed by atoms with van der Waals surface area (Å²) in [6.07, 6.45) is 0.800. The second-order valence-electron chi connectivity index (χ2n) is 8.28. The number of anilines is 2.